The number of aryl methyl sites for hydroxylation is 2. The number of rotatable bonds is 4. The number of carbonyl (C=O) groups excluding carboxylic acids is 1. The van der Waals surface area contributed by atoms with Crippen LogP contribution in [0.25, 0.3) is 0 Å². The molecule has 2 heterocycles. The minimum Gasteiger partial charge on any atom is -0.383 e. The highest BCUT2D eigenvalue weighted by atomic mass is 16.5. The number of ether oxygens (including phenoxy) is 1. The van der Waals surface area contributed by atoms with Gasteiger partial charge in [-0.1, -0.05) is 48.5 Å². The summed E-state index contributed by atoms with van der Waals surface area (Å²) in [7, 11) is 1.63. The lowest BCUT2D eigenvalue weighted by molar-refractivity contribution is 0.0618. The van der Waals surface area contributed by atoms with Crippen LogP contribution in [0.5, 0.6) is 0 Å². The lowest BCUT2D eigenvalue weighted by Crippen LogP contribution is -2.56. The van der Waals surface area contributed by atoms with Gasteiger partial charge < -0.3 is 9.64 Å². The number of aromatic nitrogens is 1. The fourth-order valence-corrected chi connectivity index (χ4v) is 4.95. The first kappa shape index (κ1) is 20.5. The molecule has 0 saturated carbocycles. The van der Waals surface area contributed by atoms with Crippen LogP contribution in [0.3, 0.4) is 0 Å². The van der Waals surface area contributed by atoms with Crippen molar-refractivity contribution in [2.75, 3.05) is 31.9 Å². The average Bonchev–Trinajstić information content (AvgIpc) is 2.98. The molecule has 0 radical (unpaired) electrons. The summed E-state index contributed by atoms with van der Waals surface area (Å²) in [6.45, 7) is 3.04. The molecule has 1 aromatic heterocycles. The summed E-state index contributed by atoms with van der Waals surface area (Å²) in [6.07, 6.45) is 3.69. The van der Waals surface area contributed by atoms with Crippen molar-refractivity contribution in [1.29, 1.82) is 0 Å². The van der Waals surface area contributed by atoms with E-state index >= 15 is 0 Å². The minimum absolute atomic E-state index is 0.0799. The minimum atomic E-state index is -0.135. The van der Waals surface area contributed by atoms with E-state index in [2.05, 4.69) is 53.5 Å². The van der Waals surface area contributed by atoms with Gasteiger partial charge in [-0.25, -0.2) is 0 Å². The fraction of sp³-hybridized carbons (Fsp3) is 0.308. The van der Waals surface area contributed by atoms with Crippen molar-refractivity contribution in [1.82, 2.24) is 9.58 Å². The number of amides is 1. The molecule has 0 unspecified atom stereocenters. The van der Waals surface area contributed by atoms with E-state index in [1.165, 1.54) is 22.3 Å². The third kappa shape index (κ3) is 3.31. The Kier molecular flexibility index (Phi) is 5.31. The molecule has 164 valence electrons. The number of hydrogen-bond donors (Lipinski definition) is 0. The van der Waals surface area contributed by atoms with Crippen LogP contribution in [0.15, 0.2) is 65.6 Å². The van der Waals surface area contributed by atoms with Crippen LogP contribution in [-0.4, -0.2) is 42.4 Å². The topological polar surface area (TPSA) is 54.8 Å². The SMILES string of the molecule is COCCN1CN(C2c3ccccc3CCc3ccccc32)n2ccc(=O)c(C)c2C1=O. The second kappa shape index (κ2) is 8.28. The molecule has 2 aliphatic rings. The van der Waals surface area contributed by atoms with Crippen LogP contribution in [0.1, 0.15) is 44.3 Å². The van der Waals surface area contributed by atoms with Gasteiger partial charge in [0.15, 0.2) is 5.43 Å². The third-order valence-corrected chi connectivity index (χ3v) is 6.63. The number of hydrogen-bond acceptors (Lipinski definition) is 4. The predicted molar refractivity (Wildman–Crippen MR) is 124 cm³/mol. The lowest BCUT2D eigenvalue weighted by Gasteiger charge is -2.44. The molecule has 32 heavy (non-hydrogen) atoms. The maximum atomic E-state index is 13.4. The molecule has 1 aliphatic carbocycles. The second-order valence-corrected chi connectivity index (χ2v) is 8.44. The predicted octanol–water partition coefficient (Wildman–Crippen LogP) is 3.04. The van der Waals surface area contributed by atoms with Crippen LogP contribution < -0.4 is 10.4 Å². The monoisotopic (exact) mass is 429 g/mol. The van der Waals surface area contributed by atoms with Crippen molar-refractivity contribution < 1.29 is 9.53 Å². The molecular formula is C26H27N3O3. The van der Waals surface area contributed by atoms with Gasteiger partial charge in [0.2, 0.25) is 0 Å². The number of fused-ring (bicyclic) bond motifs is 3. The third-order valence-electron chi connectivity index (χ3n) is 6.63. The van der Waals surface area contributed by atoms with Gasteiger partial charge in [0, 0.05) is 31.5 Å². The number of nitrogens with zero attached hydrogens (tertiary/aromatic N) is 3. The Morgan fingerprint density at radius 3 is 2.19 bits per heavy atom. The number of methoxy groups -OCH3 is 1. The van der Waals surface area contributed by atoms with Gasteiger partial charge in [-0.3, -0.25) is 19.3 Å². The molecule has 5 rings (SSSR count). The normalized spacial score (nSPS) is 15.8. The van der Waals surface area contributed by atoms with E-state index in [1.807, 2.05) is 4.68 Å². The van der Waals surface area contributed by atoms with Crippen LogP contribution >= 0.6 is 0 Å². The Morgan fingerprint density at radius 2 is 1.56 bits per heavy atom. The highest BCUT2D eigenvalue weighted by Crippen LogP contribution is 2.37. The fourth-order valence-electron chi connectivity index (χ4n) is 4.95. The summed E-state index contributed by atoms with van der Waals surface area (Å²) in [5, 5.41) is 2.21. The van der Waals surface area contributed by atoms with E-state index in [4.69, 9.17) is 4.74 Å². The Labute approximate surface area is 187 Å². The van der Waals surface area contributed by atoms with Gasteiger partial charge in [0.05, 0.1) is 12.6 Å². The molecule has 2 aromatic carbocycles. The molecule has 3 aromatic rings. The van der Waals surface area contributed by atoms with Gasteiger partial charge in [-0.2, -0.15) is 0 Å². The van der Waals surface area contributed by atoms with Crippen molar-refractivity contribution in [2.45, 2.75) is 25.8 Å². The van der Waals surface area contributed by atoms with E-state index in [0.29, 0.717) is 31.1 Å². The van der Waals surface area contributed by atoms with Crippen molar-refractivity contribution >= 4 is 5.91 Å². The average molecular weight is 430 g/mol. The standard InChI is InChI=1S/C26H27N3O3/c1-18-23(30)13-14-28-24(18)26(31)27(15-16-32-2)17-29(28)25-21-9-5-3-7-19(21)11-12-20-8-4-6-10-22(20)25/h3-10,13-14,25H,11-12,15-17H2,1-2H3. The molecule has 1 aliphatic heterocycles. The molecule has 6 nitrogen and oxygen atoms in total. The summed E-state index contributed by atoms with van der Waals surface area (Å²) in [5.41, 5.74) is 5.88. The van der Waals surface area contributed by atoms with E-state index in [-0.39, 0.29) is 17.4 Å². The number of pyridine rings is 1. The Balaban J connectivity index is 1.74. The smallest absolute Gasteiger partial charge is 0.274 e. The second-order valence-electron chi connectivity index (χ2n) is 8.44. The molecule has 1 amide bonds. The van der Waals surface area contributed by atoms with Crippen molar-refractivity contribution in [2.24, 2.45) is 0 Å². The largest absolute Gasteiger partial charge is 0.383 e. The molecule has 0 fully saturated rings. The van der Waals surface area contributed by atoms with Crippen molar-refractivity contribution in [3.8, 4) is 0 Å². The van der Waals surface area contributed by atoms with Gasteiger partial charge >= 0.3 is 0 Å². The van der Waals surface area contributed by atoms with Crippen LogP contribution in [0, 0.1) is 6.92 Å². The Bertz CT molecular complexity index is 1190. The summed E-state index contributed by atoms with van der Waals surface area (Å²) < 4.78 is 7.16. The van der Waals surface area contributed by atoms with Crippen LogP contribution in [-0.2, 0) is 17.6 Å². The van der Waals surface area contributed by atoms with E-state index < -0.39 is 0 Å². The Morgan fingerprint density at radius 1 is 0.938 bits per heavy atom. The van der Waals surface area contributed by atoms with Gasteiger partial charge in [-0.05, 0) is 42.0 Å². The first-order chi connectivity index (χ1) is 15.6. The number of carbonyl (C=O) groups is 1. The first-order valence-electron chi connectivity index (χ1n) is 11.0. The highest BCUT2D eigenvalue weighted by Gasteiger charge is 2.37. The van der Waals surface area contributed by atoms with Crippen LogP contribution in [0.4, 0.5) is 0 Å². The first-order valence-corrected chi connectivity index (χ1v) is 11.0. The lowest BCUT2D eigenvalue weighted by atomic mass is 9.94. The van der Waals surface area contributed by atoms with Crippen molar-refractivity contribution in [3.63, 3.8) is 0 Å². The summed E-state index contributed by atoms with van der Waals surface area (Å²) in [5.74, 6) is -0.135. The molecule has 0 N–H and O–H groups in total. The molecule has 0 spiro atoms. The quantitative estimate of drug-likeness (QED) is 0.640. The van der Waals surface area contributed by atoms with E-state index in [0.717, 1.165) is 12.8 Å². The zero-order valence-corrected chi connectivity index (χ0v) is 18.5. The zero-order chi connectivity index (χ0) is 22.2. The van der Waals surface area contributed by atoms with E-state index in [1.54, 1.807) is 31.2 Å². The summed E-state index contributed by atoms with van der Waals surface area (Å²) in [6, 6.07) is 18.6. The van der Waals surface area contributed by atoms with E-state index in [9.17, 15) is 9.59 Å². The van der Waals surface area contributed by atoms with Crippen molar-refractivity contribution in [3.05, 3.63) is 105 Å². The summed E-state index contributed by atoms with van der Waals surface area (Å²) >= 11 is 0. The summed E-state index contributed by atoms with van der Waals surface area (Å²) in [4.78, 5) is 27.6. The molecular weight excluding hydrogens is 402 g/mol. The van der Waals surface area contributed by atoms with Crippen LogP contribution in [0.2, 0.25) is 0 Å². The maximum Gasteiger partial charge on any atom is 0.274 e. The highest BCUT2D eigenvalue weighted by molar-refractivity contribution is 5.95. The molecule has 0 bridgehead atoms. The number of benzene rings is 2. The van der Waals surface area contributed by atoms with Gasteiger partial charge in [0.25, 0.3) is 5.91 Å². The molecule has 6 heteroatoms. The maximum absolute atomic E-state index is 13.4. The van der Waals surface area contributed by atoms with Gasteiger partial charge in [-0.15, -0.1) is 0 Å². The zero-order valence-electron chi connectivity index (χ0n) is 18.5. The van der Waals surface area contributed by atoms with Gasteiger partial charge in [0.1, 0.15) is 12.4 Å². The molecule has 0 atom stereocenters. The molecule has 0 saturated heterocycles. The Hall–Kier alpha value is -3.38.